The predicted octanol–water partition coefficient (Wildman–Crippen LogP) is 1.59. The van der Waals surface area contributed by atoms with Crippen LogP contribution in [0.15, 0.2) is 24.3 Å². The van der Waals surface area contributed by atoms with Gasteiger partial charge in [0.1, 0.15) is 5.82 Å². The van der Waals surface area contributed by atoms with E-state index in [4.69, 9.17) is 0 Å². The first-order chi connectivity index (χ1) is 8.81. The Hall–Kier alpha value is -0.980. The lowest BCUT2D eigenvalue weighted by Crippen LogP contribution is -2.35. The number of hydrogen-bond acceptors (Lipinski definition) is 3. The third-order valence-electron chi connectivity index (χ3n) is 2.68. The van der Waals surface area contributed by atoms with Gasteiger partial charge < -0.3 is 5.32 Å². The molecule has 19 heavy (non-hydrogen) atoms. The van der Waals surface area contributed by atoms with Gasteiger partial charge >= 0.3 is 0 Å². The molecule has 0 bridgehead atoms. The van der Waals surface area contributed by atoms with E-state index >= 15 is 0 Å². The number of rotatable bonds is 7. The molecule has 0 saturated carbocycles. The molecule has 0 aromatic heterocycles. The van der Waals surface area contributed by atoms with Crippen molar-refractivity contribution in [2.24, 2.45) is 0 Å². The molecule has 0 saturated heterocycles. The van der Waals surface area contributed by atoms with Crippen LogP contribution in [0.25, 0.3) is 0 Å². The number of hydrogen-bond donors (Lipinski definition) is 1. The van der Waals surface area contributed by atoms with Crippen molar-refractivity contribution < 1.29 is 12.8 Å². The molecular formula is C13H21FN2O2S. The molecule has 0 atom stereocenters. The Bertz CT molecular complexity index is 503. The molecule has 0 radical (unpaired) electrons. The summed E-state index contributed by atoms with van der Waals surface area (Å²) in [5.41, 5.74) is 0.642. The van der Waals surface area contributed by atoms with Crippen molar-refractivity contribution in [3.8, 4) is 0 Å². The van der Waals surface area contributed by atoms with Gasteiger partial charge in [-0.25, -0.2) is 17.1 Å². The van der Waals surface area contributed by atoms with E-state index in [0.29, 0.717) is 12.1 Å². The van der Waals surface area contributed by atoms with Gasteiger partial charge in [-0.05, 0) is 17.7 Å². The summed E-state index contributed by atoms with van der Waals surface area (Å²) >= 11 is 0. The fourth-order valence-corrected chi connectivity index (χ4v) is 2.66. The van der Waals surface area contributed by atoms with Gasteiger partial charge in [0.2, 0.25) is 10.0 Å². The summed E-state index contributed by atoms with van der Waals surface area (Å²) in [6.07, 6.45) is 0. The molecule has 1 aromatic carbocycles. The minimum atomic E-state index is -3.32. The maximum Gasteiger partial charge on any atom is 0.215 e. The van der Waals surface area contributed by atoms with Gasteiger partial charge in [-0.3, -0.25) is 0 Å². The molecule has 1 N–H and O–H groups in total. The molecule has 0 spiro atoms. The highest BCUT2D eigenvalue weighted by atomic mass is 32.2. The topological polar surface area (TPSA) is 49.4 Å². The van der Waals surface area contributed by atoms with Gasteiger partial charge in [0.05, 0.1) is 5.75 Å². The second-order valence-corrected chi connectivity index (χ2v) is 7.01. The van der Waals surface area contributed by atoms with E-state index in [-0.39, 0.29) is 24.2 Å². The van der Waals surface area contributed by atoms with Crippen LogP contribution in [0.3, 0.4) is 0 Å². The molecule has 1 aromatic rings. The van der Waals surface area contributed by atoms with E-state index < -0.39 is 10.0 Å². The number of benzene rings is 1. The van der Waals surface area contributed by atoms with Crippen LogP contribution in [-0.2, 0) is 16.6 Å². The van der Waals surface area contributed by atoms with E-state index in [9.17, 15) is 12.8 Å². The normalized spacial score (nSPS) is 12.3. The highest BCUT2D eigenvalue weighted by Crippen LogP contribution is 2.09. The molecule has 4 nitrogen and oxygen atoms in total. The largest absolute Gasteiger partial charge is 0.313 e. The number of sulfonamides is 1. The highest BCUT2D eigenvalue weighted by molar-refractivity contribution is 7.89. The van der Waals surface area contributed by atoms with E-state index in [2.05, 4.69) is 5.32 Å². The SMILES string of the molecule is CC(C)NCCS(=O)(=O)N(C)Cc1cccc(F)c1. The standard InChI is InChI=1S/C13H21FN2O2S/c1-11(2)15-7-8-19(17,18)16(3)10-12-5-4-6-13(14)9-12/h4-6,9,11,15H,7-8,10H2,1-3H3. The third kappa shape index (κ3) is 5.67. The molecule has 1 rings (SSSR count). The maximum absolute atomic E-state index is 13.0. The summed E-state index contributed by atoms with van der Waals surface area (Å²) in [4.78, 5) is 0. The maximum atomic E-state index is 13.0. The van der Waals surface area contributed by atoms with Gasteiger partial charge in [-0.1, -0.05) is 26.0 Å². The number of nitrogens with one attached hydrogen (secondary N) is 1. The van der Waals surface area contributed by atoms with Crippen molar-refractivity contribution in [1.29, 1.82) is 0 Å². The Morgan fingerprint density at radius 2 is 2.05 bits per heavy atom. The molecule has 0 unspecified atom stereocenters. The van der Waals surface area contributed by atoms with Crippen molar-refractivity contribution in [2.45, 2.75) is 26.4 Å². The zero-order chi connectivity index (χ0) is 14.5. The van der Waals surface area contributed by atoms with E-state index in [1.54, 1.807) is 12.1 Å². The first-order valence-corrected chi connectivity index (χ1v) is 7.84. The molecule has 0 fully saturated rings. The van der Waals surface area contributed by atoms with E-state index in [1.807, 2.05) is 13.8 Å². The second-order valence-electron chi connectivity index (χ2n) is 4.81. The summed E-state index contributed by atoms with van der Waals surface area (Å²) < 4.78 is 38.3. The predicted molar refractivity (Wildman–Crippen MR) is 74.8 cm³/mol. The fraction of sp³-hybridized carbons (Fsp3) is 0.538. The second kappa shape index (κ2) is 6.98. The van der Waals surface area contributed by atoms with Crippen molar-refractivity contribution in [3.63, 3.8) is 0 Å². The Kier molecular flexibility index (Phi) is 5.90. The lowest BCUT2D eigenvalue weighted by atomic mass is 10.2. The number of nitrogens with zero attached hydrogens (tertiary/aromatic N) is 1. The Morgan fingerprint density at radius 1 is 1.37 bits per heavy atom. The van der Waals surface area contributed by atoms with Crippen molar-refractivity contribution in [2.75, 3.05) is 19.3 Å². The molecule has 0 aliphatic rings. The minimum Gasteiger partial charge on any atom is -0.313 e. The van der Waals surface area contributed by atoms with Crippen molar-refractivity contribution >= 4 is 10.0 Å². The average Bonchev–Trinajstić information content (AvgIpc) is 2.28. The van der Waals surface area contributed by atoms with Crippen LogP contribution in [0.4, 0.5) is 4.39 Å². The van der Waals surface area contributed by atoms with Crippen LogP contribution in [0.1, 0.15) is 19.4 Å². The van der Waals surface area contributed by atoms with E-state index in [0.717, 1.165) is 0 Å². The van der Waals surface area contributed by atoms with Crippen LogP contribution in [0, 0.1) is 5.82 Å². The zero-order valence-electron chi connectivity index (χ0n) is 11.6. The summed E-state index contributed by atoms with van der Waals surface area (Å²) in [6, 6.07) is 6.22. The molecule has 0 amide bonds. The molecular weight excluding hydrogens is 267 g/mol. The van der Waals surface area contributed by atoms with Crippen LogP contribution >= 0.6 is 0 Å². The van der Waals surface area contributed by atoms with Crippen LogP contribution in [0.2, 0.25) is 0 Å². The Labute approximate surface area is 114 Å². The zero-order valence-corrected chi connectivity index (χ0v) is 12.4. The first kappa shape index (κ1) is 16.1. The van der Waals surface area contributed by atoms with Crippen molar-refractivity contribution in [3.05, 3.63) is 35.6 Å². The average molecular weight is 288 g/mol. The van der Waals surface area contributed by atoms with Crippen molar-refractivity contribution in [1.82, 2.24) is 9.62 Å². The molecule has 0 aliphatic carbocycles. The van der Waals surface area contributed by atoms with Gasteiger partial charge in [-0.15, -0.1) is 0 Å². The fourth-order valence-electron chi connectivity index (χ4n) is 1.62. The van der Waals surface area contributed by atoms with Crippen LogP contribution in [-0.4, -0.2) is 38.1 Å². The van der Waals surface area contributed by atoms with Gasteiger partial charge in [0.15, 0.2) is 0 Å². The Balaban J connectivity index is 2.58. The summed E-state index contributed by atoms with van der Waals surface area (Å²) in [5, 5.41) is 3.06. The molecule has 0 heterocycles. The first-order valence-electron chi connectivity index (χ1n) is 6.23. The molecule has 6 heteroatoms. The third-order valence-corrected chi connectivity index (χ3v) is 4.48. The van der Waals surface area contributed by atoms with Gasteiger partial charge in [0, 0.05) is 26.2 Å². The smallest absolute Gasteiger partial charge is 0.215 e. The lowest BCUT2D eigenvalue weighted by molar-refractivity contribution is 0.462. The Morgan fingerprint density at radius 3 is 2.63 bits per heavy atom. The van der Waals surface area contributed by atoms with Gasteiger partial charge in [-0.2, -0.15) is 0 Å². The number of halogens is 1. The van der Waals surface area contributed by atoms with Crippen LogP contribution < -0.4 is 5.32 Å². The summed E-state index contributed by atoms with van der Waals surface area (Å²) in [6.45, 7) is 4.52. The van der Waals surface area contributed by atoms with Crippen LogP contribution in [0.5, 0.6) is 0 Å². The van der Waals surface area contributed by atoms with Gasteiger partial charge in [0.25, 0.3) is 0 Å². The monoisotopic (exact) mass is 288 g/mol. The summed E-state index contributed by atoms with van der Waals surface area (Å²) in [7, 11) is -1.81. The summed E-state index contributed by atoms with van der Waals surface area (Å²) in [5.74, 6) is -0.318. The lowest BCUT2D eigenvalue weighted by Gasteiger charge is -2.18. The van der Waals surface area contributed by atoms with E-state index in [1.165, 1.54) is 23.5 Å². The quantitative estimate of drug-likeness (QED) is 0.829. The molecule has 0 aliphatic heterocycles. The highest BCUT2D eigenvalue weighted by Gasteiger charge is 2.17. The molecule has 108 valence electrons. The minimum absolute atomic E-state index is 0.0387.